The van der Waals surface area contributed by atoms with Crippen LogP contribution in [0.25, 0.3) is 0 Å². The molecule has 0 saturated carbocycles. The van der Waals surface area contributed by atoms with Gasteiger partial charge in [0.1, 0.15) is 0 Å². The van der Waals surface area contributed by atoms with Gasteiger partial charge in [-0.05, 0) is 31.5 Å². The van der Waals surface area contributed by atoms with E-state index in [-0.39, 0.29) is 11.6 Å². The summed E-state index contributed by atoms with van der Waals surface area (Å²) in [6.45, 7) is 4.40. The molecule has 0 bridgehead atoms. The number of aromatic nitrogens is 2. The van der Waals surface area contributed by atoms with Gasteiger partial charge in [-0.15, -0.1) is 0 Å². The molecule has 0 unspecified atom stereocenters. The van der Waals surface area contributed by atoms with Crippen LogP contribution in [-0.2, 0) is 6.54 Å². The molecule has 21 heavy (non-hydrogen) atoms. The third-order valence-corrected chi connectivity index (χ3v) is 2.99. The zero-order chi connectivity index (χ0) is 15.2. The lowest BCUT2D eigenvalue weighted by Gasteiger charge is -2.09. The summed E-state index contributed by atoms with van der Waals surface area (Å²) in [5, 5.41) is 5.45. The van der Waals surface area contributed by atoms with E-state index in [1.807, 2.05) is 31.2 Å². The van der Waals surface area contributed by atoms with E-state index in [0.717, 1.165) is 11.3 Å². The number of amides is 2. The molecule has 0 aliphatic rings. The minimum Gasteiger partial charge on any atom is -0.336 e. The molecular weight excluding hydrogens is 268 g/mol. The molecule has 0 fully saturated rings. The van der Waals surface area contributed by atoms with Gasteiger partial charge in [-0.2, -0.15) is 0 Å². The minimum absolute atomic E-state index is 0.0918. The van der Waals surface area contributed by atoms with Gasteiger partial charge in [0.05, 0.1) is 6.33 Å². The van der Waals surface area contributed by atoms with Gasteiger partial charge < -0.3 is 10.6 Å². The molecule has 0 aliphatic heterocycles. The largest absolute Gasteiger partial charge is 0.336 e. The van der Waals surface area contributed by atoms with Crippen molar-refractivity contribution in [1.82, 2.24) is 14.9 Å². The number of rotatable bonds is 4. The number of carbonyl (C=O) groups is 1. The van der Waals surface area contributed by atoms with Crippen molar-refractivity contribution in [1.29, 1.82) is 0 Å². The summed E-state index contributed by atoms with van der Waals surface area (Å²) in [5.74, 6) is 0. The van der Waals surface area contributed by atoms with Crippen molar-refractivity contribution in [2.45, 2.75) is 20.4 Å². The van der Waals surface area contributed by atoms with Crippen LogP contribution >= 0.6 is 0 Å². The highest BCUT2D eigenvalue weighted by Crippen LogP contribution is 2.08. The van der Waals surface area contributed by atoms with Gasteiger partial charge in [-0.1, -0.05) is 12.1 Å². The number of nitrogens with one attached hydrogen (secondary N) is 2. The van der Waals surface area contributed by atoms with Crippen LogP contribution in [0.1, 0.15) is 11.1 Å². The number of hydrogen-bond donors (Lipinski definition) is 2. The van der Waals surface area contributed by atoms with E-state index in [1.54, 1.807) is 6.92 Å². The number of anilines is 1. The van der Waals surface area contributed by atoms with Gasteiger partial charge in [0, 0.05) is 30.5 Å². The fraction of sp³-hybridized carbons (Fsp3) is 0.267. The van der Waals surface area contributed by atoms with E-state index in [9.17, 15) is 9.59 Å². The fourth-order valence-electron chi connectivity index (χ4n) is 1.91. The Morgan fingerprint density at radius 2 is 2.14 bits per heavy atom. The van der Waals surface area contributed by atoms with Crippen LogP contribution in [0.15, 0.2) is 41.6 Å². The van der Waals surface area contributed by atoms with Crippen molar-refractivity contribution >= 4 is 11.7 Å². The summed E-state index contributed by atoms with van der Waals surface area (Å²) in [6, 6.07) is 7.24. The summed E-state index contributed by atoms with van der Waals surface area (Å²) in [5.41, 5.74) is 2.31. The maximum Gasteiger partial charge on any atom is 0.319 e. The third-order valence-electron chi connectivity index (χ3n) is 2.99. The third kappa shape index (κ3) is 4.17. The van der Waals surface area contributed by atoms with Gasteiger partial charge in [-0.25, -0.2) is 9.78 Å². The van der Waals surface area contributed by atoms with Crippen LogP contribution in [0.2, 0.25) is 0 Å². The van der Waals surface area contributed by atoms with Crippen molar-refractivity contribution < 1.29 is 4.79 Å². The first-order valence-corrected chi connectivity index (χ1v) is 6.69. The predicted molar refractivity (Wildman–Crippen MR) is 81.4 cm³/mol. The maximum absolute atomic E-state index is 11.8. The number of carbonyl (C=O) groups excluding carboxylic acids is 1. The number of hydrogen-bond acceptors (Lipinski definition) is 3. The van der Waals surface area contributed by atoms with Crippen molar-refractivity contribution in [3.63, 3.8) is 0 Å². The Hall–Kier alpha value is -2.63. The number of nitrogens with zero attached hydrogens (tertiary/aromatic N) is 2. The van der Waals surface area contributed by atoms with Crippen molar-refractivity contribution in [3.05, 3.63) is 58.3 Å². The Balaban J connectivity index is 1.85. The van der Waals surface area contributed by atoms with Gasteiger partial charge in [0.2, 0.25) is 0 Å². The first-order valence-electron chi connectivity index (χ1n) is 6.69. The second-order valence-electron chi connectivity index (χ2n) is 4.83. The molecule has 0 radical (unpaired) electrons. The lowest BCUT2D eigenvalue weighted by atomic mass is 10.2. The van der Waals surface area contributed by atoms with E-state index in [4.69, 9.17) is 0 Å². The van der Waals surface area contributed by atoms with E-state index < -0.39 is 0 Å². The molecule has 2 aromatic rings. The molecule has 1 aromatic carbocycles. The molecule has 110 valence electrons. The normalized spacial score (nSPS) is 10.2. The van der Waals surface area contributed by atoms with Crippen molar-refractivity contribution in [3.8, 4) is 0 Å². The van der Waals surface area contributed by atoms with E-state index in [2.05, 4.69) is 15.6 Å². The minimum atomic E-state index is -0.297. The number of urea groups is 1. The highest BCUT2D eigenvalue weighted by atomic mass is 16.2. The first-order chi connectivity index (χ1) is 10.1. The topological polar surface area (TPSA) is 76.0 Å². The van der Waals surface area contributed by atoms with Crippen LogP contribution in [0.3, 0.4) is 0 Å². The molecule has 0 saturated heterocycles. The summed E-state index contributed by atoms with van der Waals surface area (Å²) in [4.78, 5) is 27.5. The maximum atomic E-state index is 11.8. The van der Waals surface area contributed by atoms with Crippen molar-refractivity contribution in [2.24, 2.45) is 0 Å². The Labute approximate surface area is 122 Å². The zero-order valence-electron chi connectivity index (χ0n) is 12.1. The lowest BCUT2D eigenvalue weighted by Crippen LogP contribution is -2.34. The standard InChI is InChI=1S/C15H18N4O2/c1-11-4-3-5-13(8-11)18-15(21)17-6-7-19-10-16-9-12(2)14(19)20/h3-5,8-10H,6-7H2,1-2H3,(H2,17,18,21). The van der Waals surface area contributed by atoms with Gasteiger partial charge in [-0.3, -0.25) is 9.36 Å². The highest BCUT2D eigenvalue weighted by molar-refractivity contribution is 5.89. The quantitative estimate of drug-likeness (QED) is 0.898. The highest BCUT2D eigenvalue weighted by Gasteiger charge is 2.03. The fourth-order valence-corrected chi connectivity index (χ4v) is 1.91. The number of aryl methyl sites for hydroxylation is 2. The zero-order valence-corrected chi connectivity index (χ0v) is 12.1. The average molecular weight is 286 g/mol. The van der Waals surface area contributed by atoms with Crippen LogP contribution in [0.5, 0.6) is 0 Å². The summed E-state index contributed by atoms with van der Waals surface area (Å²) in [7, 11) is 0. The molecule has 1 heterocycles. The SMILES string of the molecule is Cc1cccc(NC(=O)NCCn2cncc(C)c2=O)c1. The van der Waals surface area contributed by atoms with E-state index in [0.29, 0.717) is 18.7 Å². The lowest BCUT2D eigenvalue weighted by molar-refractivity contribution is 0.251. The molecular formula is C15H18N4O2. The van der Waals surface area contributed by atoms with Gasteiger partial charge in [0.15, 0.2) is 0 Å². The first kappa shape index (κ1) is 14.8. The van der Waals surface area contributed by atoms with E-state index >= 15 is 0 Å². The molecule has 2 N–H and O–H groups in total. The monoisotopic (exact) mass is 286 g/mol. The molecule has 1 aromatic heterocycles. The Morgan fingerprint density at radius 3 is 2.90 bits per heavy atom. The number of benzene rings is 1. The second-order valence-corrected chi connectivity index (χ2v) is 4.83. The molecule has 2 amide bonds. The van der Waals surface area contributed by atoms with Crippen LogP contribution in [0.4, 0.5) is 10.5 Å². The Morgan fingerprint density at radius 1 is 1.33 bits per heavy atom. The van der Waals surface area contributed by atoms with Gasteiger partial charge in [0.25, 0.3) is 5.56 Å². The van der Waals surface area contributed by atoms with Crippen LogP contribution in [-0.4, -0.2) is 22.1 Å². The molecule has 2 rings (SSSR count). The molecule has 6 nitrogen and oxygen atoms in total. The van der Waals surface area contributed by atoms with Gasteiger partial charge >= 0.3 is 6.03 Å². The smallest absolute Gasteiger partial charge is 0.319 e. The summed E-state index contributed by atoms with van der Waals surface area (Å²) >= 11 is 0. The van der Waals surface area contributed by atoms with Crippen molar-refractivity contribution in [2.75, 3.05) is 11.9 Å². The predicted octanol–water partition coefficient (Wildman–Crippen LogP) is 1.68. The summed E-state index contributed by atoms with van der Waals surface area (Å²) in [6.07, 6.45) is 2.99. The molecule has 0 aliphatic carbocycles. The average Bonchev–Trinajstić information content (AvgIpc) is 2.43. The van der Waals surface area contributed by atoms with Crippen LogP contribution in [0, 0.1) is 13.8 Å². The summed E-state index contributed by atoms with van der Waals surface area (Å²) < 4.78 is 1.47. The van der Waals surface area contributed by atoms with Crippen LogP contribution < -0.4 is 16.2 Å². The van der Waals surface area contributed by atoms with E-state index in [1.165, 1.54) is 17.1 Å². The second kappa shape index (κ2) is 6.69. The molecule has 0 spiro atoms. The molecule has 0 atom stereocenters. The Bertz CT molecular complexity index is 694. The molecule has 6 heteroatoms. The Kier molecular flexibility index (Phi) is 4.71.